The number of nitrogens with two attached hydrogens (primary N) is 1. The average Bonchev–Trinajstić information content (AvgIpc) is 2.65. The van der Waals surface area contributed by atoms with Gasteiger partial charge >= 0.3 is 0 Å². The van der Waals surface area contributed by atoms with E-state index in [-0.39, 0.29) is 0 Å². The van der Waals surface area contributed by atoms with Gasteiger partial charge in [-0.05, 0) is 48.2 Å². The van der Waals surface area contributed by atoms with E-state index in [1.807, 2.05) is 55.5 Å². The van der Waals surface area contributed by atoms with Gasteiger partial charge in [-0.2, -0.15) is 0 Å². The Labute approximate surface area is 160 Å². The highest BCUT2D eigenvalue weighted by atomic mass is 32.1. The van der Waals surface area contributed by atoms with Crippen molar-refractivity contribution in [2.24, 2.45) is 5.73 Å². The van der Waals surface area contributed by atoms with E-state index in [1.54, 1.807) is 0 Å². The van der Waals surface area contributed by atoms with Crippen LogP contribution in [0.15, 0.2) is 83.4 Å². The monoisotopic (exact) mass is 358 g/mol. The molecule has 0 unspecified atom stereocenters. The van der Waals surface area contributed by atoms with E-state index >= 15 is 0 Å². The highest BCUT2D eigenvalue weighted by Crippen LogP contribution is 2.29. The zero-order valence-electron chi connectivity index (χ0n) is 15.0. The Morgan fingerprint density at radius 2 is 1.54 bits per heavy atom. The molecular weight excluding hydrogens is 336 g/mol. The molecule has 0 aromatic heterocycles. The first-order valence-electron chi connectivity index (χ1n) is 8.48. The molecule has 0 aliphatic carbocycles. The number of allylic oxidation sites excluding steroid dienone is 2. The van der Waals surface area contributed by atoms with E-state index < -0.39 is 0 Å². The molecule has 0 atom stereocenters. The SMILES string of the molecule is C/C(N)=C(/C(=N)c1ccccc1)c1ccc(-c2cc(S)ccc2C)cc1. The van der Waals surface area contributed by atoms with Crippen molar-refractivity contribution in [3.8, 4) is 11.1 Å². The fraction of sp³-hybridized carbons (Fsp3) is 0.0870. The van der Waals surface area contributed by atoms with Crippen LogP contribution in [0, 0.1) is 12.3 Å². The Hall–Kier alpha value is -2.78. The summed E-state index contributed by atoms with van der Waals surface area (Å²) in [4.78, 5) is 0.943. The van der Waals surface area contributed by atoms with E-state index in [4.69, 9.17) is 11.1 Å². The van der Waals surface area contributed by atoms with Crippen molar-refractivity contribution >= 4 is 23.9 Å². The number of aryl methyl sites for hydroxylation is 1. The first-order chi connectivity index (χ1) is 12.5. The second kappa shape index (κ2) is 7.63. The smallest absolute Gasteiger partial charge is 0.0707 e. The molecule has 0 heterocycles. The average molecular weight is 359 g/mol. The van der Waals surface area contributed by atoms with Gasteiger partial charge < -0.3 is 5.73 Å². The largest absolute Gasteiger partial charge is 0.402 e. The molecule has 3 aromatic carbocycles. The minimum absolute atomic E-state index is 0.437. The highest BCUT2D eigenvalue weighted by molar-refractivity contribution is 7.80. The second-order valence-corrected chi connectivity index (χ2v) is 6.89. The number of thiol groups is 1. The zero-order valence-corrected chi connectivity index (χ0v) is 15.8. The molecule has 0 bridgehead atoms. The van der Waals surface area contributed by atoms with Gasteiger partial charge in [0, 0.05) is 21.7 Å². The summed E-state index contributed by atoms with van der Waals surface area (Å²) in [6, 6.07) is 24.0. The molecule has 0 aliphatic rings. The summed E-state index contributed by atoms with van der Waals surface area (Å²) >= 11 is 4.45. The Bertz CT molecular complexity index is 967. The van der Waals surface area contributed by atoms with E-state index in [0.29, 0.717) is 11.4 Å². The molecule has 130 valence electrons. The van der Waals surface area contributed by atoms with Gasteiger partial charge in [0.25, 0.3) is 0 Å². The summed E-state index contributed by atoms with van der Waals surface area (Å²) in [6.07, 6.45) is 0. The Kier molecular flexibility index (Phi) is 5.29. The van der Waals surface area contributed by atoms with Crippen LogP contribution < -0.4 is 5.73 Å². The molecule has 0 spiro atoms. The van der Waals surface area contributed by atoms with Crippen LogP contribution in [0.25, 0.3) is 16.7 Å². The summed E-state index contributed by atoms with van der Waals surface area (Å²) < 4.78 is 0. The molecule has 0 aliphatic heterocycles. The lowest BCUT2D eigenvalue weighted by atomic mass is 9.92. The lowest BCUT2D eigenvalue weighted by Crippen LogP contribution is -2.09. The van der Waals surface area contributed by atoms with Crippen molar-refractivity contribution in [1.29, 1.82) is 5.41 Å². The fourth-order valence-corrected chi connectivity index (χ4v) is 3.26. The Morgan fingerprint density at radius 1 is 0.885 bits per heavy atom. The van der Waals surface area contributed by atoms with E-state index in [2.05, 4.69) is 43.8 Å². The first-order valence-corrected chi connectivity index (χ1v) is 8.93. The minimum atomic E-state index is 0.437. The maximum absolute atomic E-state index is 8.59. The van der Waals surface area contributed by atoms with Gasteiger partial charge in [0.05, 0.1) is 5.71 Å². The third-order valence-electron chi connectivity index (χ3n) is 4.41. The number of rotatable bonds is 4. The van der Waals surface area contributed by atoms with Crippen molar-refractivity contribution in [3.63, 3.8) is 0 Å². The topological polar surface area (TPSA) is 49.9 Å². The predicted octanol–water partition coefficient (Wildman–Crippen LogP) is 5.71. The summed E-state index contributed by atoms with van der Waals surface area (Å²) in [5.74, 6) is 0. The van der Waals surface area contributed by atoms with E-state index in [1.165, 1.54) is 5.56 Å². The molecule has 0 saturated heterocycles. The molecule has 3 N–H and O–H groups in total. The van der Waals surface area contributed by atoms with Crippen LogP contribution in [0.4, 0.5) is 0 Å². The van der Waals surface area contributed by atoms with Gasteiger partial charge in [-0.25, -0.2) is 0 Å². The minimum Gasteiger partial charge on any atom is -0.402 e. The number of hydrogen-bond acceptors (Lipinski definition) is 3. The molecule has 0 radical (unpaired) electrons. The van der Waals surface area contributed by atoms with E-state index in [0.717, 1.165) is 32.7 Å². The third kappa shape index (κ3) is 3.73. The molecule has 26 heavy (non-hydrogen) atoms. The summed E-state index contributed by atoms with van der Waals surface area (Å²) in [6.45, 7) is 3.94. The van der Waals surface area contributed by atoms with Gasteiger partial charge in [0.2, 0.25) is 0 Å². The number of benzene rings is 3. The standard InChI is InChI=1S/C23H22N2S/c1-15-8-13-20(26)14-21(15)17-9-11-18(12-10-17)22(16(2)24)23(25)19-6-4-3-5-7-19/h3-14,25-26H,24H2,1-2H3/b22-16-,25-23?. The molecule has 0 fully saturated rings. The molecule has 0 saturated carbocycles. The number of nitrogens with one attached hydrogen (secondary N) is 1. The van der Waals surface area contributed by atoms with Gasteiger partial charge in [-0.1, -0.05) is 60.7 Å². The Morgan fingerprint density at radius 3 is 2.15 bits per heavy atom. The highest BCUT2D eigenvalue weighted by Gasteiger charge is 2.13. The quantitative estimate of drug-likeness (QED) is 0.406. The summed E-state index contributed by atoms with van der Waals surface area (Å²) in [5, 5.41) is 8.59. The predicted molar refractivity (Wildman–Crippen MR) is 114 cm³/mol. The van der Waals surface area contributed by atoms with Gasteiger partial charge in [-0.15, -0.1) is 12.6 Å². The first kappa shape index (κ1) is 18.0. The van der Waals surface area contributed by atoms with Crippen LogP contribution >= 0.6 is 12.6 Å². The summed E-state index contributed by atoms with van der Waals surface area (Å²) in [5.41, 5.74) is 13.3. The fourth-order valence-electron chi connectivity index (χ4n) is 3.06. The molecule has 3 rings (SSSR count). The molecular formula is C23H22N2S. The maximum Gasteiger partial charge on any atom is 0.0707 e. The maximum atomic E-state index is 8.59. The van der Waals surface area contributed by atoms with Crippen molar-refractivity contribution in [2.75, 3.05) is 0 Å². The molecule has 3 aromatic rings. The van der Waals surface area contributed by atoms with Gasteiger partial charge in [0.15, 0.2) is 0 Å². The lowest BCUT2D eigenvalue weighted by molar-refractivity contribution is 1.32. The zero-order chi connectivity index (χ0) is 18.7. The van der Waals surface area contributed by atoms with Crippen LogP contribution in [0.3, 0.4) is 0 Å². The lowest BCUT2D eigenvalue weighted by Gasteiger charge is -2.14. The van der Waals surface area contributed by atoms with E-state index in [9.17, 15) is 0 Å². The molecule has 2 nitrogen and oxygen atoms in total. The normalized spacial score (nSPS) is 11.8. The van der Waals surface area contributed by atoms with Crippen LogP contribution in [0.1, 0.15) is 23.6 Å². The van der Waals surface area contributed by atoms with Crippen molar-refractivity contribution < 1.29 is 0 Å². The van der Waals surface area contributed by atoms with Crippen molar-refractivity contribution in [1.82, 2.24) is 0 Å². The molecule has 0 amide bonds. The van der Waals surface area contributed by atoms with Crippen molar-refractivity contribution in [2.45, 2.75) is 18.7 Å². The number of hydrogen-bond donors (Lipinski definition) is 3. The molecule has 3 heteroatoms. The Balaban J connectivity index is 1.99. The van der Waals surface area contributed by atoms with Crippen LogP contribution in [0.2, 0.25) is 0 Å². The second-order valence-electron chi connectivity index (χ2n) is 6.38. The van der Waals surface area contributed by atoms with Gasteiger partial charge in [0.1, 0.15) is 0 Å². The van der Waals surface area contributed by atoms with Crippen LogP contribution in [-0.4, -0.2) is 5.71 Å². The van der Waals surface area contributed by atoms with Crippen molar-refractivity contribution in [3.05, 3.63) is 95.2 Å². The van der Waals surface area contributed by atoms with Gasteiger partial charge in [-0.3, -0.25) is 5.41 Å². The van der Waals surface area contributed by atoms with Crippen LogP contribution in [-0.2, 0) is 0 Å². The summed E-state index contributed by atoms with van der Waals surface area (Å²) in [7, 11) is 0. The van der Waals surface area contributed by atoms with Crippen LogP contribution in [0.5, 0.6) is 0 Å². The third-order valence-corrected chi connectivity index (χ3v) is 4.69.